The van der Waals surface area contributed by atoms with Crippen LogP contribution < -0.4 is 55.7 Å². The van der Waals surface area contributed by atoms with Crippen molar-refractivity contribution in [2.24, 2.45) is 56.2 Å². The van der Waals surface area contributed by atoms with Gasteiger partial charge in [-0.05, 0) is 81.4 Å². The van der Waals surface area contributed by atoms with Crippen LogP contribution in [0.1, 0.15) is 102 Å². The molecule has 17 N–H and O–H groups in total. The van der Waals surface area contributed by atoms with Crippen molar-refractivity contribution >= 4 is 75.6 Å². The first-order valence-corrected chi connectivity index (χ1v) is 25.6. The van der Waals surface area contributed by atoms with E-state index in [0.29, 0.717) is 5.56 Å². The quantitative estimate of drug-likeness (QED) is 0.0490. The van der Waals surface area contributed by atoms with Crippen LogP contribution in [-0.4, -0.2) is 130 Å². The van der Waals surface area contributed by atoms with Crippen LogP contribution in [0.4, 0.5) is 0 Å². The Morgan fingerprint density at radius 3 is 2.15 bits per heavy atom. The van der Waals surface area contributed by atoms with Crippen LogP contribution >= 0.6 is 0 Å². The molecule has 2 aliphatic heterocycles. The molecule has 5 rings (SSSR count). The number of carbonyl (C=O) groups excluding carboxylic acids is 9. The van der Waals surface area contributed by atoms with E-state index in [1.165, 1.54) is 11.8 Å². The lowest BCUT2D eigenvalue weighted by atomic mass is 9.83. The number of Topliss-reactive ketones (excluding diaryl/α,β-unsaturated/α-hetero) is 3. The molecule has 406 valence electrons. The number of carbonyl (C=O) groups is 9. The van der Waals surface area contributed by atoms with Crippen molar-refractivity contribution in [3.8, 4) is 0 Å². The van der Waals surface area contributed by atoms with Crippen LogP contribution in [0, 0.1) is 11.8 Å². The summed E-state index contributed by atoms with van der Waals surface area (Å²) >= 11 is 0. The molecule has 3 heterocycles. The molecule has 2 fully saturated rings. The molecule has 3 aromatic rings. The second-order valence-corrected chi connectivity index (χ2v) is 19.6. The lowest BCUT2D eigenvalue weighted by Crippen LogP contribution is -2.57. The van der Waals surface area contributed by atoms with Gasteiger partial charge in [0, 0.05) is 87.2 Å². The molecular formula is C52H74N14O9. The summed E-state index contributed by atoms with van der Waals surface area (Å²) in [6.45, 7) is 1.40. The molecule has 0 unspecified atom stereocenters. The van der Waals surface area contributed by atoms with Gasteiger partial charge in [-0.3, -0.25) is 53.1 Å². The number of nitrogens with one attached hydrogen (secondary N) is 5. The highest BCUT2D eigenvalue weighted by Gasteiger charge is 2.43. The van der Waals surface area contributed by atoms with Gasteiger partial charge in [-0.15, -0.1) is 0 Å². The van der Waals surface area contributed by atoms with Crippen LogP contribution in [-0.2, 0) is 56.0 Å². The largest absolute Gasteiger partial charge is 0.370 e. The summed E-state index contributed by atoms with van der Waals surface area (Å²) in [5.41, 5.74) is 36.7. The maximum Gasteiger partial charge on any atom is 0.245 e. The number of ketones is 3. The Bertz CT molecular complexity index is 2560. The molecule has 6 amide bonds. The van der Waals surface area contributed by atoms with Gasteiger partial charge in [-0.2, -0.15) is 0 Å². The summed E-state index contributed by atoms with van der Waals surface area (Å²) < 4.78 is 0. The van der Waals surface area contributed by atoms with E-state index in [1.54, 1.807) is 36.5 Å². The average molecular weight is 1040 g/mol. The molecule has 0 saturated carbocycles. The molecule has 8 atom stereocenters. The second-order valence-electron chi connectivity index (χ2n) is 19.6. The minimum absolute atomic E-state index is 0.00165. The summed E-state index contributed by atoms with van der Waals surface area (Å²) in [6.07, 6.45) is 2.12. The number of nitrogens with two attached hydrogens (primary N) is 6. The molecular weight excluding hydrogens is 965 g/mol. The third-order valence-electron chi connectivity index (χ3n) is 13.6. The van der Waals surface area contributed by atoms with E-state index in [4.69, 9.17) is 34.4 Å². The van der Waals surface area contributed by atoms with Gasteiger partial charge in [-0.25, -0.2) is 0 Å². The summed E-state index contributed by atoms with van der Waals surface area (Å²) in [5, 5.41) is 11.8. The first-order chi connectivity index (χ1) is 35.8. The standard InChI is InChI=1S/C52H74N14O9/c1-30(67)62-40(18-10-22-60-52(57)58)48(73)64-41-20-19-36(68)14-5-7-17-39(46(54)71)63-47(72)33(24-34-28-61-38-16-8-6-15-37(34)38)26-44(69)32(13-9-21-59-51(55)56)25-45(70)42(23-31-11-3-2-4-12-31)65-49(74)43-27-35(53)29-66(43)50(41)75/h2-4,6,8,11-12,15-16,28,32-33,35,39-43,61H,5,7,9-10,13-14,17-27,29,53H2,1H3,(H2,54,71)(H,62,67)(H,63,72)(H,64,73)(H,65,74)(H4,55,56,59)(H4,57,58,60)/t32-,33-,35-,39+,40+,41+,42-,43+/m1/s1. The van der Waals surface area contributed by atoms with Crippen LogP contribution in [0.5, 0.6) is 0 Å². The zero-order valence-corrected chi connectivity index (χ0v) is 42.6. The highest BCUT2D eigenvalue weighted by Crippen LogP contribution is 2.27. The highest BCUT2D eigenvalue weighted by molar-refractivity contribution is 5.98. The molecule has 0 spiro atoms. The van der Waals surface area contributed by atoms with Crippen molar-refractivity contribution in [2.75, 3.05) is 19.6 Å². The zero-order valence-electron chi connectivity index (χ0n) is 42.6. The zero-order chi connectivity index (χ0) is 54.6. The molecule has 2 aliphatic rings. The van der Waals surface area contributed by atoms with Crippen LogP contribution in [0.3, 0.4) is 0 Å². The number of hydrogen-bond donors (Lipinski definition) is 11. The van der Waals surface area contributed by atoms with Crippen molar-refractivity contribution in [1.29, 1.82) is 0 Å². The number of nitrogens with zero attached hydrogens (tertiary/aromatic N) is 3. The van der Waals surface area contributed by atoms with Crippen LogP contribution in [0.25, 0.3) is 10.9 Å². The molecule has 1 aromatic heterocycles. The van der Waals surface area contributed by atoms with Gasteiger partial charge in [0.1, 0.15) is 35.7 Å². The van der Waals surface area contributed by atoms with E-state index in [-0.39, 0.29) is 134 Å². The summed E-state index contributed by atoms with van der Waals surface area (Å²) in [4.78, 5) is 138. The Morgan fingerprint density at radius 2 is 1.45 bits per heavy atom. The van der Waals surface area contributed by atoms with Gasteiger partial charge >= 0.3 is 0 Å². The van der Waals surface area contributed by atoms with E-state index in [2.05, 4.69) is 36.2 Å². The first kappa shape index (κ1) is 58.2. The molecule has 23 nitrogen and oxygen atoms in total. The number of hydrogen-bond acceptors (Lipinski definition) is 12. The molecule has 2 aromatic carbocycles. The predicted molar refractivity (Wildman–Crippen MR) is 282 cm³/mol. The minimum Gasteiger partial charge on any atom is -0.370 e. The molecule has 75 heavy (non-hydrogen) atoms. The maximum absolute atomic E-state index is 14.8. The van der Waals surface area contributed by atoms with Crippen molar-refractivity contribution < 1.29 is 43.2 Å². The van der Waals surface area contributed by atoms with Crippen LogP contribution in [0.15, 0.2) is 70.8 Å². The maximum atomic E-state index is 14.8. The molecule has 2 saturated heterocycles. The number of aromatic nitrogens is 1. The molecule has 23 heteroatoms. The first-order valence-electron chi connectivity index (χ1n) is 25.6. The lowest BCUT2D eigenvalue weighted by molar-refractivity contribution is -0.142. The van der Waals surface area contributed by atoms with Gasteiger partial charge in [0.05, 0.1) is 6.04 Å². The van der Waals surface area contributed by atoms with Gasteiger partial charge in [0.25, 0.3) is 0 Å². The normalized spacial score (nSPS) is 23.3. The number of benzene rings is 2. The number of guanidine groups is 2. The Hall–Kier alpha value is -7.69. The lowest BCUT2D eigenvalue weighted by Gasteiger charge is -2.31. The Balaban J connectivity index is 1.53. The highest BCUT2D eigenvalue weighted by atomic mass is 16.2. The van der Waals surface area contributed by atoms with Gasteiger partial charge in [-0.1, -0.05) is 55.0 Å². The van der Waals surface area contributed by atoms with Crippen molar-refractivity contribution in [3.05, 3.63) is 71.9 Å². The Kier molecular flexibility index (Phi) is 22.3. The van der Waals surface area contributed by atoms with Crippen molar-refractivity contribution in [1.82, 2.24) is 31.2 Å². The van der Waals surface area contributed by atoms with Gasteiger partial charge in [0.15, 0.2) is 17.7 Å². The van der Waals surface area contributed by atoms with E-state index >= 15 is 0 Å². The molecule has 0 aliphatic carbocycles. The van der Waals surface area contributed by atoms with Crippen molar-refractivity contribution in [2.45, 2.75) is 139 Å². The Labute approximate surface area is 435 Å². The fourth-order valence-electron chi connectivity index (χ4n) is 9.69. The minimum atomic E-state index is -1.38. The van der Waals surface area contributed by atoms with E-state index in [9.17, 15) is 43.2 Å². The van der Waals surface area contributed by atoms with Gasteiger partial charge < -0.3 is 65.6 Å². The van der Waals surface area contributed by atoms with Crippen LogP contribution in [0.2, 0.25) is 0 Å². The van der Waals surface area contributed by atoms with E-state index in [0.717, 1.165) is 16.5 Å². The number of fused-ring (bicyclic) bond motifs is 2. The predicted octanol–water partition coefficient (Wildman–Crippen LogP) is -0.493. The fraction of sp³-hybridized carbons (Fsp3) is 0.519. The number of para-hydroxylation sites is 1. The van der Waals surface area contributed by atoms with E-state index in [1.807, 2.05) is 24.3 Å². The number of H-pyrrole nitrogens is 1. The number of rotatable bonds is 16. The average Bonchev–Trinajstić information content (AvgIpc) is 3.97. The second kappa shape index (κ2) is 28.7. The number of primary amides is 1. The SMILES string of the molecule is CC(=O)N[C@@H](CCCN=C(N)N)C(=O)N[C@H]1CCC(=O)CCCC[C@@H](C(N)=O)NC(=O)[C@H](Cc2c[nH]c3ccccc23)CC(=O)[C@H](CCCN=C(N)N)CC(=O)[C@@H](Cc2ccccc2)NC(=O)[C@@H]2C[C@@H](N)CN2C1=O. The summed E-state index contributed by atoms with van der Waals surface area (Å²) in [6, 6.07) is 9.53. The molecule has 0 bridgehead atoms. The fourth-order valence-corrected chi connectivity index (χ4v) is 9.69. The van der Waals surface area contributed by atoms with E-state index < -0.39 is 95.1 Å². The summed E-state index contributed by atoms with van der Waals surface area (Å²) in [7, 11) is 0. The Morgan fingerprint density at radius 1 is 0.773 bits per heavy atom. The number of amides is 6. The van der Waals surface area contributed by atoms with Crippen molar-refractivity contribution in [3.63, 3.8) is 0 Å². The third-order valence-corrected chi connectivity index (χ3v) is 13.6. The monoisotopic (exact) mass is 1040 g/mol. The topological polar surface area (TPSA) is 402 Å². The number of aromatic amines is 1. The number of aliphatic imine (C=N–C) groups is 2. The molecule has 0 radical (unpaired) electrons. The van der Waals surface area contributed by atoms with Gasteiger partial charge in [0.2, 0.25) is 35.4 Å². The third kappa shape index (κ3) is 18.3. The smallest absolute Gasteiger partial charge is 0.245 e. The summed E-state index contributed by atoms with van der Waals surface area (Å²) in [5.74, 6) is -7.67.